The Hall–Kier alpha value is -3.53. The normalized spacial score (nSPS) is 10.4. The van der Waals surface area contributed by atoms with E-state index in [0.717, 1.165) is 28.2 Å². The van der Waals surface area contributed by atoms with Crippen LogP contribution in [0.1, 0.15) is 22.8 Å². The zero-order valence-corrected chi connectivity index (χ0v) is 16.6. The van der Waals surface area contributed by atoms with Crippen LogP contribution in [0.3, 0.4) is 0 Å². The second-order valence-corrected chi connectivity index (χ2v) is 6.60. The standard InChI is InChI=1S/C25H24O4/c1-18(17-19-7-5-4-6-8-19)25(26)29-24(20-9-13-22(27-2)14-10-20)21-11-15-23(28-3)16-12-21/h4-16,24H,1,17H2,2-3H3. The van der Waals surface area contributed by atoms with Crippen molar-refractivity contribution in [2.75, 3.05) is 14.2 Å². The number of benzene rings is 3. The number of carbonyl (C=O) groups excluding carboxylic acids is 1. The second-order valence-electron chi connectivity index (χ2n) is 6.60. The molecule has 3 rings (SSSR count). The maximum atomic E-state index is 12.8. The van der Waals surface area contributed by atoms with Crippen LogP contribution in [-0.4, -0.2) is 20.2 Å². The van der Waals surface area contributed by atoms with Crippen LogP contribution in [0, 0.1) is 0 Å². The Morgan fingerprint density at radius 3 is 1.72 bits per heavy atom. The average Bonchev–Trinajstić information content (AvgIpc) is 2.78. The minimum atomic E-state index is -0.563. The molecule has 4 heteroatoms. The van der Waals surface area contributed by atoms with E-state index in [1.807, 2.05) is 78.9 Å². The SMILES string of the molecule is C=C(Cc1ccccc1)C(=O)OC(c1ccc(OC)cc1)c1ccc(OC)cc1. The number of hydrogen-bond acceptors (Lipinski definition) is 4. The summed E-state index contributed by atoms with van der Waals surface area (Å²) in [5.74, 6) is 1.05. The summed E-state index contributed by atoms with van der Waals surface area (Å²) in [7, 11) is 3.23. The molecule has 0 bridgehead atoms. The highest BCUT2D eigenvalue weighted by molar-refractivity contribution is 5.88. The molecule has 4 nitrogen and oxygen atoms in total. The molecule has 3 aromatic rings. The third kappa shape index (κ3) is 5.26. The number of esters is 1. The average molecular weight is 388 g/mol. The summed E-state index contributed by atoms with van der Waals surface area (Å²) in [6.45, 7) is 3.93. The fraction of sp³-hybridized carbons (Fsp3) is 0.160. The Balaban J connectivity index is 1.83. The summed E-state index contributed by atoms with van der Waals surface area (Å²) in [4.78, 5) is 12.8. The van der Waals surface area contributed by atoms with Gasteiger partial charge in [-0.1, -0.05) is 61.2 Å². The van der Waals surface area contributed by atoms with E-state index in [1.54, 1.807) is 14.2 Å². The van der Waals surface area contributed by atoms with E-state index in [4.69, 9.17) is 14.2 Å². The molecule has 0 aliphatic carbocycles. The van der Waals surface area contributed by atoms with Crippen LogP contribution in [0.2, 0.25) is 0 Å². The van der Waals surface area contributed by atoms with Crippen molar-refractivity contribution in [1.82, 2.24) is 0 Å². The zero-order valence-electron chi connectivity index (χ0n) is 16.6. The van der Waals surface area contributed by atoms with Crippen molar-refractivity contribution >= 4 is 5.97 Å². The molecule has 0 aliphatic rings. The van der Waals surface area contributed by atoms with Crippen molar-refractivity contribution in [1.29, 1.82) is 0 Å². The van der Waals surface area contributed by atoms with Crippen LogP contribution in [0.4, 0.5) is 0 Å². The predicted octanol–water partition coefficient (Wildman–Crippen LogP) is 5.14. The van der Waals surface area contributed by atoms with E-state index >= 15 is 0 Å². The lowest BCUT2D eigenvalue weighted by Crippen LogP contribution is -2.15. The fourth-order valence-corrected chi connectivity index (χ4v) is 2.99. The molecule has 0 spiro atoms. The van der Waals surface area contributed by atoms with Gasteiger partial charge in [-0.2, -0.15) is 0 Å². The van der Waals surface area contributed by atoms with Gasteiger partial charge in [0.05, 0.1) is 14.2 Å². The first-order valence-corrected chi connectivity index (χ1v) is 9.31. The molecule has 0 saturated heterocycles. The summed E-state index contributed by atoms with van der Waals surface area (Å²) >= 11 is 0. The summed E-state index contributed by atoms with van der Waals surface area (Å²) in [5.41, 5.74) is 3.11. The van der Waals surface area contributed by atoms with Crippen LogP contribution in [0.25, 0.3) is 0 Å². The van der Waals surface area contributed by atoms with Crippen molar-refractivity contribution in [3.63, 3.8) is 0 Å². The van der Waals surface area contributed by atoms with Gasteiger partial charge in [-0.25, -0.2) is 4.79 Å². The van der Waals surface area contributed by atoms with Gasteiger partial charge in [-0.3, -0.25) is 0 Å². The van der Waals surface area contributed by atoms with Crippen LogP contribution in [0.15, 0.2) is 91.0 Å². The van der Waals surface area contributed by atoms with Crippen molar-refractivity contribution < 1.29 is 19.0 Å². The Kier molecular flexibility index (Phi) is 6.69. The minimum Gasteiger partial charge on any atom is -0.497 e. The summed E-state index contributed by atoms with van der Waals surface area (Å²) in [5, 5.41) is 0. The molecule has 0 aromatic heterocycles. The fourth-order valence-electron chi connectivity index (χ4n) is 2.99. The van der Waals surface area contributed by atoms with Crippen LogP contribution in [-0.2, 0) is 16.0 Å². The molecule has 0 fully saturated rings. The summed E-state index contributed by atoms with van der Waals surface area (Å²) < 4.78 is 16.3. The van der Waals surface area contributed by atoms with Gasteiger partial charge in [0.25, 0.3) is 0 Å². The first-order chi connectivity index (χ1) is 14.1. The first kappa shape index (κ1) is 20.2. The monoisotopic (exact) mass is 388 g/mol. The van der Waals surface area contributed by atoms with E-state index in [2.05, 4.69) is 6.58 Å². The number of rotatable bonds is 8. The van der Waals surface area contributed by atoms with Crippen molar-refractivity contribution in [2.45, 2.75) is 12.5 Å². The van der Waals surface area contributed by atoms with Gasteiger partial charge in [-0.15, -0.1) is 0 Å². The Morgan fingerprint density at radius 2 is 1.28 bits per heavy atom. The van der Waals surface area contributed by atoms with E-state index in [-0.39, 0.29) is 0 Å². The molecule has 0 radical (unpaired) electrons. The third-order valence-electron chi connectivity index (χ3n) is 4.61. The molecule has 0 unspecified atom stereocenters. The molecule has 0 atom stereocenters. The molecule has 0 saturated carbocycles. The van der Waals surface area contributed by atoms with Crippen LogP contribution in [0.5, 0.6) is 11.5 Å². The highest BCUT2D eigenvalue weighted by Crippen LogP contribution is 2.30. The topological polar surface area (TPSA) is 44.8 Å². The number of ether oxygens (including phenoxy) is 3. The number of methoxy groups -OCH3 is 2. The van der Waals surface area contributed by atoms with Gasteiger partial charge in [0.2, 0.25) is 0 Å². The Morgan fingerprint density at radius 1 is 0.793 bits per heavy atom. The Labute approximate surface area is 171 Å². The van der Waals surface area contributed by atoms with E-state index in [1.165, 1.54) is 0 Å². The van der Waals surface area contributed by atoms with Crippen molar-refractivity contribution in [3.8, 4) is 11.5 Å². The van der Waals surface area contributed by atoms with Gasteiger partial charge >= 0.3 is 5.97 Å². The maximum Gasteiger partial charge on any atom is 0.334 e. The molecule has 0 heterocycles. The van der Waals surface area contributed by atoms with Crippen molar-refractivity contribution in [3.05, 3.63) is 108 Å². The van der Waals surface area contributed by atoms with E-state index in [0.29, 0.717) is 12.0 Å². The number of hydrogen-bond donors (Lipinski definition) is 0. The summed E-state index contributed by atoms with van der Waals surface area (Å²) in [6, 6.07) is 24.7. The Bertz CT molecular complexity index is 897. The second kappa shape index (κ2) is 9.60. The van der Waals surface area contributed by atoms with Crippen molar-refractivity contribution in [2.24, 2.45) is 0 Å². The van der Waals surface area contributed by atoms with Crippen LogP contribution >= 0.6 is 0 Å². The molecule has 0 N–H and O–H groups in total. The highest BCUT2D eigenvalue weighted by Gasteiger charge is 2.21. The van der Waals surface area contributed by atoms with E-state index in [9.17, 15) is 4.79 Å². The number of carbonyl (C=O) groups is 1. The lowest BCUT2D eigenvalue weighted by molar-refractivity contribution is -0.142. The van der Waals surface area contributed by atoms with Gasteiger partial charge in [0, 0.05) is 12.0 Å². The predicted molar refractivity (Wildman–Crippen MR) is 113 cm³/mol. The maximum absolute atomic E-state index is 12.8. The lowest BCUT2D eigenvalue weighted by Gasteiger charge is -2.20. The smallest absolute Gasteiger partial charge is 0.334 e. The lowest BCUT2D eigenvalue weighted by atomic mass is 10.0. The van der Waals surface area contributed by atoms with Gasteiger partial charge in [0.15, 0.2) is 6.10 Å². The third-order valence-corrected chi connectivity index (χ3v) is 4.61. The molecular formula is C25H24O4. The first-order valence-electron chi connectivity index (χ1n) is 9.31. The van der Waals surface area contributed by atoms with Crippen LogP contribution < -0.4 is 9.47 Å². The van der Waals surface area contributed by atoms with E-state index < -0.39 is 12.1 Å². The minimum absolute atomic E-state index is 0.406. The van der Waals surface area contributed by atoms with Gasteiger partial charge in [0.1, 0.15) is 11.5 Å². The summed E-state index contributed by atoms with van der Waals surface area (Å²) in [6.07, 6.45) is -0.121. The molecule has 0 aliphatic heterocycles. The molecule has 148 valence electrons. The van der Waals surface area contributed by atoms with Gasteiger partial charge in [-0.05, 0) is 41.0 Å². The molecular weight excluding hydrogens is 364 g/mol. The highest BCUT2D eigenvalue weighted by atomic mass is 16.5. The quantitative estimate of drug-likeness (QED) is 0.396. The zero-order chi connectivity index (χ0) is 20.6. The van der Waals surface area contributed by atoms with Gasteiger partial charge < -0.3 is 14.2 Å². The molecule has 29 heavy (non-hydrogen) atoms. The molecule has 0 amide bonds. The largest absolute Gasteiger partial charge is 0.497 e. The molecule has 3 aromatic carbocycles.